The summed E-state index contributed by atoms with van der Waals surface area (Å²) >= 11 is 5.93. The molecule has 0 saturated heterocycles. The number of hydrogen-bond acceptors (Lipinski definition) is 5. The van der Waals surface area contributed by atoms with Crippen LogP contribution in [0.1, 0.15) is 41.0 Å². The molecular formula is C20H21ClN4O3S. The Morgan fingerprint density at radius 1 is 1.24 bits per heavy atom. The summed E-state index contributed by atoms with van der Waals surface area (Å²) in [5, 5.41) is 7.87. The maximum Gasteiger partial charge on any atom is 0.255 e. The molecule has 7 nitrogen and oxygen atoms in total. The Morgan fingerprint density at radius 2 is 1.93 bits per heavy atom. The van der Waals surface area contributed by atoms with Crippen LogP contribution in [0.15, 0.2) is 53.8 Å². The Hall–Kier alpha value is -2.71. The van der Waals surface area contributed by atoms with Crippen LogP contribution in [0, 0.1) is 6.92 Å². The van der Waals surface area contributed by atoms with E-state index < -0.39 is 9.84 Å². The smallest absolute Gasteiger partial charge is 0.255 e. The molecule has 0 bridgehead atoms. The number of aromatic nitrogens is 3. The first-order chi connectivity index (χ1) is 13.7. The number of benzene rings is 1. The van der Waals surface area contributed by atoms with Gasteiger partial charge in [0.1, 0.15) is 0 Å². The fourth-order valence-corrected chi connectivity index (χ4v) is 3.70. The van der Waals surface area contributed by atoms with Gasteiger partial charge in [-0.2, -0.15) is 5.10 Å². The molecule has 1 amide bonds. The number of nitrogens with zero attached hydrogens (tertiary/aromatic N) is 3. The number of carbonyl (C=O) groups excluding carboxylic acids is 1. The monoisotopic (exact) mass is 432 g/mol. The second kappa shape index (κ2) is 8.34. The lowest BCUT2D eigenvalue weighted by molar-refractivity contribution is 0.0935. The van der Waals surface area contributed by atoms with E-state index in [1.54, 1.807) is 22.9 Å². The van der Waals surface area contributed by atoms with Gasteiger partial charge in [-0.15, -0.1) is 0 Å². The van der Waals surface area contributed by atoms with Gasteiger partial charge in [-0.3, -0.25) is 4.79 Å². The van der Waals surface area contributed by atoms with Crippen LogP contribution in [0.25, 0.3) is 5.69 Å². The van der Waals surface area contributed by atoms with E-state index in [2.05, 4.69) is 15.4 Å². The Morgan fingerprint density at radius 3 is 2.55 bits per heavy atom. The van der Waals surface area contributed by atoms with Gasteiger partial charge in [-0.25, -0.2) is 18.1 Å². The molecule has 29 heavy (non-hydrogen) atoms. The zero-order valence-electron chi connectivity index (χ0n) is 16.3. The number of amides is 1. The number of hydrogen-bond donors (Lipinski definition) is 1. The van der Waals surface area contributed by atoms with E-state index in [4.69, 9.17) is 11.6 Å². The minimum atomic E-state index is -3.43. The molecule has 3 aromatic rings. The Bertz CT molecular complexity index is 1140. The first-order valence-corrected chi connectivity index (χ1v) is 11.2. The maximum atomic E-state index is 12.9. The summed E-state index contributed by atoms with van der Waals surface area (Å²) in [5.74, 6) is -0.285. The lowest BCUT2D eigenvalue weighted by Crippen LogP contribution is -2.28. The number of pyridine rings is 1. The standard InChI is InChI=1S/C20H21ClN4O3S/c1-4-18(14-9-10-22-19(11-14)29(3,27)28)24-20(26)17-12-23-25(13(17)2)16-7-5-15(21)6-8-16/h5-12,18H,4H2,1-3H3,(H,24,26)/t18-/m0/s1. The average molecular weight is 433 g/mol. The quantitative estimate of drug-likeness (QED) is 0.643. The molecule has 0 aliphatic heterocycles. The zero-order valence-corrected chi connectivity index (χ0v) is 17.8. The lowest BCUT2D eigenvalue weighted by Gasteiger charge is -2.18. The van der Waals surface area contributed by atoms with Gasteiger partial charge in [0.25, 0.3) is 5.91 Å². The van der Waals surface area contributed by atoms with E-state index in [0.29, 0.717) is 28.3 Å². The van der Waals surface area contributed by atoms with Crippen molar-refractivity contribution in [3.05, 3.63) is 70.6 Å². The molecule has 3 rings (SSSR count). The van der Waals surface area contributed by atoms with Crippen LogP contribution >= 0.6 is 11.6 Å². The number of carbonyl (C=O) groups is 1. The summed E-state index contributed by atoms with van der Waals surface area (Å²) in [6.45, 7) is 3.72. The van der Waals surface area contributed by atoms with Gasteiger partial charge in [0.15, 0.2) is 14.9 Å². The number of nitrogens with one attached hydrogen (secondary N) is 1. The van der Waals surface area contributed by atoms with E-state index >= 15 is 0 Å². The van der Waals surface area contributed by atoms with Crippen molar-refractivity contribution in [2.75, 3.05) is 6.26 Å². The fraction of sp³-hybridized carbons (Fsp3) is 0.250. The second-order valence-electron chi connectivity index (χ2n) is 6.67. The third-order valence-corrected chi connectivity index (χ3v) is 5.82. The van der Waals surface area contributed by atoms with Crippen molar-refractivity contribution in [1.29, 1.82) is 0 Å². The molecule has 2 heterocycles. The third-order valence-electron chi connectivity index (χ3n) is 4.58. The molecule has 0 saturated carbocycles. The molecule has 0 fully saturated rings. The summed E-state index contributed by atoms with van der Waals surface area (Å²) in [6.07, 6.45) is 4.64. The van der Waals surface area contributed by atoms with E-state index in [1.165, 1.54) is 18.5 Å². The lowest BCUT2D eigenvalue weighted by atomic mass is 10.1. The highest BCUT2D eigenvalue weighted by Gasteiger charge is 2.20. The van der Waals surface area contributed by atoms with Crippen LogP contribution in [-0.2, 0) is 9.84 Å². The molecule has 9 heteroatoms. The largest absolute Gasteiger partial charge is 0.345 e. The maximum absolute atomic E-state index is 12.9. The first kappa shape index (κ1) is 21.0. The topological polar surface area (TPSA) is 93.9 Å². The minimum Gasteiger partial charge on any atom is -0.345 e. The van der Waals surface area contributed by atoms with E-state index in [0.717, 1.165) is 11.9 Å². The van der Waals surface area contributed by atoms with Crippen LogP contribution < -0.4 is 5.32 Å². The molecule has 0 aliphatic carbocycles. The van der Waals surface area contributed by atoms with Gasteiger partial charge in [-0.05, 0) is 55.3 Å². The summed E-state index contributed by atoms with van der Waals surface area (Å²) in [4.78, 5) is 16.8. The van der Waals surface area contributed by atoms with Gasteiger partial charge in [0.05, 0.1) is 29.2 Å². The highest BCUT2D eigenvalue weighted by molar-refractivity contribution is 7.90. The highest BCUT2D eigenvalue weighted by atomic mass is 35.5. The number of halogens is 1. The summed E-state index contributed by atoms with van der Waals surface area (Å²) in [7, 11) is -3.43. The van der Waals surface area contributed by atoms with Gasteiger partial charge in [0, 0.05) is 17.5 Å². The number of sulfone groups is 1. The Kier molecular flexibility index (Phi) is 6.04. The van der Waals surface area contributed by atoms with Gasteiger partial charge in [0.2, 0.25) is 0 Å². The molecule has 0 aliphatic rings. The van der Waals surface area contributed by atoms with Crippen molar-refractivity contribution < 1.29 is 13.2 Å². The Labute approximate surface area is 174 Å². The van der Waals surface area contributed by atoms with Crippen molar-refractivity contribution in [1.82, 2.24) is 20.1 Å². The van der Waals surface area contributed by atoms with E-state index in [-0.39, 0.29) is 17.0 Å². The number of rotatable bonds is 6. The van der Waals surface area contributed by atoms with Crippen LogP contribution in [0.4, 0.5) is 0 Å². The summed E-state index contributed by atoms with van der Waals surface area (Å²) in [5.41, 5.74) is 2.60. The van der Waals surface area contributed by atoms with E-state index in [9.17, 15) is 13.2 Å². The SMILES string of the molecule is CC[C@H](NC(=O)c1cnn(-c2ccc(Cl)cc2)c1C)c1ccnc(S(C)(=O)=O)c1. The predicted molar refractivity (Wildman–Crippen MR) is 111 cm³/mol. The molecule has 152 valence electrons. The zero-order chi connectivity index (χ0) is 21.2. The van der Waals surface area contributed by atoms with Gasteiger partial charge < -0.3 is 5.32 Å². The van der Waals surface area contributed by atoms with Crippen molar-refractivity contribution in [2.24, 2.45) is 0 Å². The van der Waals surface area contributed by atoms with E-state index in [1.807, 2.05) is 26.0 Å². The molecule has 1 N–H and O–H groups in total. The van der Waals surface area contributed by atoms with Crippen molar-refractivity contribution in [2.45, 2.75) is 31.3 Å². The van der Waals surface area contributed by atoms with Crippen LogP contribution in [-0.4, -0.2) is 35.3 Å². The molecule has 0 radical (unpaired) electrons. The normalized spacial score (nSPS) is 12.6. The van der Waals surface area contributed by atoms with Crippen LogP contribution in [0.5, 0.6) is 0 Å². The first-order valence-electron chi connectivity index (χ1n) is 8.98. The second-order valence-corrected chi connectivity index (χ2v) is 9.06. The Balaban J connectivity index is 1.85. The minimum absolute atomic E-state index is 0.0190. The fourth-order valence-electron chi connectivity index (χ4n) is 2.98. The molecule has 0 unspecified atom stereocenters. The molecular weight excluding hydrogens is 412 g/mol. The third kappa shape index (κ3) is 4.65. The molecule has 1 atom stereocenters. The highest BCUT2D eigenvalue weighted by Crippen LogP contribution is 2.21. The molecule has 1 aromatic carbocycles. The predicted octanol–water partition coefficient (Wildman–Crippen LogP) is 3.51. The summed E-state index contributed by atoms with van der Waals surface area (Å²) < 4.78 is 25.2. The average Bonchev–Trinajstić information content (AvgIpc) is 3.07. The van der Waals surface area contributed by atoms with Crippen molar-refractivity contribution in [3.63, 3.8) is 0 Å². The van der Waals surface area contributed by atoms with Crippen LogP contribution in [0.2, 0.25) is 5.02 Å². The molecule has 0 spiro atoms. The van der Waals surface area contributed by atoms with Crippen molar-refractivity contribution >= 4 is 27.3 Å². The summed E-state index contributed by atoms with van der Waals surface area (Å²) in [6, 6.07) is 10.00. The molecule has 2 aromatic heterocycles. The van der Waals surface area contributed by atoms with Gasteiger partial charge in [-0.1, -0.05) is 18.5 Å². The van der Waals surface area contributed by atoms with Crippen LogP contribution in [0.3, 0.4) is 0 Å². The van der Waals surface area contributed by atoms with Crippen molar-refractivity contribution in [3.8, 4) is 5.69 Å². The van der Waals surface area contributed by atoms with Gasteiger partial charge >= 0.3 is 0 Å².